The second-order valence-electron chi connectivity index (χ2n) is 6.66. The van der Waals surface area contributed by atoms with E-state index in [0.29, 0.717) is 18.0 Å². The van der Waals surface area contributed by atoms with Gasteiger partial charge in [-0.25, -0.2) is 0 Å². The van der Waals surface area contributed by atoms with Crippen LogP contribution in [-0.4, -0.2) is 26.7 Å². The molecular formula is C19H20ClN5O. The molecule has 0 radical (unpaired) electrons. The Morgan fingerprint density at radius 3 is 3.12 bits per heavy atom. The van der Waals surface area contributed by atoms with Crippen molar-refractivity contribution >= 4 is 28.4 Å². The van der Waals surface area contributed by atoms with E-state index in [1.807, 2.05) is 37.5 Å². The van der Waals surface area contributed by atoms with E-state index in [9.17, 15) is 4.79 Å². The van der Waals surface area contributed by atoms with Gasteiger partial charge in [0.25, 0.3) is 0 Å². The summed E-state index contributed by atoms with van der Waals surface area (Å²) in [5.41, 5.74) is 3.00. The molecule has 1 saturated heterocycles. The van der Waals surface area contributed by atoms with Crippen molar-refractivity contribution in [1.29, 1.82) is 0 Å². The molecule has 1 amide bonds. The van der Waals surface area contributed by atoms with E-state index in [0.717, 1.165) is 28.5 Å². The van der Waals surface area contributed by atoms with Crippen LogP contribution in [-0.2, 0) is 18.4 Å². The summed E-state index contributed by atoms with van der Waals surface area (Å²) in [4.78, 5) is 16.4. The van der Waals surface area contributed by atoms with E-state index in [-0.39, 0.29) is 18.0 Å². The Morgan fingerprint density at radius 2 is 2.31 bits per heavy atom. The molecule has 0 bridgehead atoms. The van der Waals surface area contributed by atoms with Crippen LogP contribution in [0, 0.1) is 0 Å². The molecule has 0 unspecified atom stereocenters. The Balaban J connectivity index is 1.57. The van der Waals surface area contributed by atoms with Gasteiger partial charge < -0.3 is 10.6 Å². The highest BCUT2D eigenvalue weighted by molar-refractivity contribution is 6.31. The predicted octanol–water partition coefficient (Wildman–Crippen LogP) is 2.73. The van der Waals surface area contributed by atoms with E-state index < -0.39 is 0 Å². The zero-order valence-corrected chi connectivity index (χ0v) is 15.2. The van der Waals surface area contributed by atoms with Gasteiger partial charge in [0.1, 0.15) is 0 Å². The first-order valence-electron chi connectivity index (χ1n) is 8.64. The van der Waals surface area contributed by atoms with Crippen LogP contribution in [0.2, 0.25) is 5.02 Å². The van der Waals surface area contributed by atoms with Crippen LogP contribution in [0.4, 0.5) is 0 Å². The van der Waals surface area contributed by atoms with Crippen LogP contribution in [0.5, 0.6) is 0 Å². The maximum Gasteiger partial charge on any atom is 0.220 e. The quantitative estimate of drug-likeness (QED) is 0.741. The Hall–Kier alpha value is -2.44. The molecule has 3 heterocycles. The van der Waals surface area contributed by atoms with Gasteiger partial charge in [-0.2, -0.15) is 5.10 Å². The van der Waals surface area contributed by atoms with E-state index in [1.165, 1.54) is 0 Å². The van der Waals surface area contributed by atoms with E-state index >= 15 is 0 Å². The van der Waals surface area contributed by atoms with E-state index in [2.05, 4.69) is 20.7 Å². The number of carbonyl (C=O) groups excluding carboxylic acids is 1. The van der Waals surface area contributed by atoms with Gasteiger partial charge in [-0.1, -0.05) is 17.7 Å². The van der Waals surface area contributed by atoms with E-state index in [4.69, 9.17) is 11.6 Å². The van der Waals surface area contributed by atoms with Crippen LogP contribution in [0.3, 0.4) is 0 Å². The van der Waals surface area contributed by atoms with Crippen molar-refractivity contribution in [2.45, 2.75) is 31.5 Å². The molecule has 2 aromatic heterocycles. The molecule has 3 aromatic rings. The summed E-state index contributed by atoms with van der Waals surface area (Å²) in [6.07, 6.45) is 6.84. The maximum atomic E-state index is 11.9. The largest absolute Gasteiger partial charge is 0.348 e. The number of amides is 1. The van der Waals surface area contributed by atoms with Gasteiger partial charge in [-0.05, 0) is 30.2 Å². The summed E-state index contributed by atoms with van der Waals surface area (Å²) in [6.45, 7) is 0.630. The van der Waals surface area contributed by atoms with Crippen molar-refractivity contribution in [1.82, 2.24) is 25.4 Å². The number of halogens is 1. The number of hydrogen-bond donors (Lipinski definition) is 2. The minimum Gasteiger partial charge on any atom is -0.348 e. The average Bonchev–Trinajstić information content (AvgIpc) is 3.06. The number of carbonyl (C=O) groups is 1. The second-order valence-corrected chi connectivity index (χ2v) is 7.10. The summed E-state index contributed by atoms with van der Waals surface area (Å²) in [7, 11) is 1.88. The molecule has 0 spiro atoms. The number of aromatic nitrogens is 3. The summed E-state index contributed by atoms with van der Waals surface area (Å²) in [5, 5.41) is 12.6. The number of pyridine rings is 1. The first-order chi connectivity index (χ1) is 12.6. The molecule has 4 rings (SSSR count). The van der Waals surface area contributed by atoms with Crippen LogP contribution >= 0.6 is 11.6 Å². The third kappa shape index (κ3) is 3.43. The van der Waals surface area contributed by atoms with Crippen molar-refractivity contribution < 1.29 is 4.79 Å². The van der Waals surface area contributed by atoms with Gasteiger partial charge in [-0.3, -0.25) is 14.5 Å². The average molecular weight is 370 g/mol. The SMILES string of the molecule is Cn1cc([C@@H]2NC(=O)CC[C@H]2NCc2cc(Cl)cc3cccnc23)cn1. The monoisotopic (exact) mass is 369 g/mol. The van der Waals surface area contributed by atoms with Gasteiger partial charge >= 0.3 is 0 Å². The van der Waals surface area contributed by atoms with Gasteiger partial charge in [0, 0.05) is 54.4 Å². The number of nitrogens with zero attached hydrogens (tertiary/aromatic N) is 3. The molecular weight excluding hydrogens is 350 g/mol. The fourth-order valence-electron chi connectivity index (χ4n) is 3.54. The topological polar surface area (TPSA) is 71.8 Å². The third-order valence-electron chi connectivity index (χ3n) is 4.79. The lowest BCUT2D eigenvalue weighted by Crippen LogP contribution is -2.48. The molecule has 2 N–H and O–H groups in total. The Morgan fingerprint density at radius 1 is 1.42 bits per heavy atom. The number of piperidine rings is 1. The minimum absolute atomic E-state index is 0.0757. The second kappa shape index (κ2) is 7.05. The maximum absolute atomic E-state index is 11.9. The number of nitrogens with one attached hydrogen (secondary N) is 2. The first-order valence-corrected chi connectivity index (χ1v) is 9.02. The summed E-state index contributed by atoms with van der Waals surface area (Å²) in [6, 6.07) is 7.82. The smallest absolute Gasteiger partial charge is 0.220 e. The molecule has 2 atom stereocenters. The van der Waals surface area contributed by atoms with Gasteiger partial charge in [0.15, 0.2) is 0 Å². The molecule has 1 aromatic carbocycles. The number of benzene rings is 1. The standard InChI is InChI=1S/C19H20ClN5O/c1-25-11-14(10-23-25)19-16(4-5-17(26)24-19)22-9-13-8-15(20)7-12-3-2-6-21-18(12)13/h2-3,6-8,10-11,16,19,22H,4-5,9H2,1H3,(H,24,26)/t16-,19+/m1/s1. The van der Waals surface area contributed by atoms with E-state index in [1.54, 1.807) is 17.1 Å². The Bertz CT molecular complexity index is 954. The van der Waals surface area contributed by atoms with Crippen molar-refractivity contribution in [3.8, 4) is 0 Å². The predicted molar refractivity (Wildman–Crippen MR) is 101 cm³/mol. The summed E-state index contributed by atoms with van der Waals surface area (Å²) in [5.74, 6) is 0.0757. The fraction of sp³-hybridized carbons (Fsp3) is 0.316. The van der Waals surface area contributed by atoms with Gasteiger partial charge in [0.05, 0.1) is 17.8 Å². The number of hydrogen-bond acceptors (Lipinski definition) is 4. The molecule has 26 heavy (non-hydrogen) atoms. The molecule has 6 nitrogen and oxygen atoms in total. The molecule has 0 saturated carbocycles. The van der Waals surface area contributed by atoms with Crippen molar-refractivity contribution in [3.05, 3.63) is 59.0 Å². The first kappa shape index (κ1) is 17.0. The highest BCUT2D eigenvalue weighted by atomic mass is 35.5. The van der Waals surface area contributed by atoms with Crippen LogP contribution < -0.4 is 10.6 Å². The number of fused-ring (bicyclic) bond motifs is 1. The highest BCUT2D eigenvalue weighted by Crippen LogP contribution is 2.26. The zero-order chi connectivity index (χ0) is 18.1. The highest BCUT2D eigenvalue weighted by Gasteiger charge is 2.30. The Kier molecular flexibility index (Phi) is 4.61. The number of aryl methyl sites for hydroxylation is 1. The molecule has 1 aliphatic rings. The molecule has 7 heteroatoms. The van der Waals surface area contributed by atoms with Gasteiger partial charge in [0.2, 0.25) is 5.91 Å². The molecule has 134 valence electrons. The zero-order valence-electron chi connectivity index (χ0n) is 14.4. The Labute approximate surface area is 156 Å². The van der Waals surface area contributed by atoms with Crippen molar-refractivity contribution in [2.75, 3.05) is 0 Å². The molecule has 1 aliphatic heterocycles. The lowest BCUT2D eigenvalue weighted by Gasteiger charge is -2.32. The van der Waals surface area contributed by atoms with Crippen LogP contribution in [0.25, 0.3) is 10.9 Å². The minimum atomic E-state index is -0.0941. The molecule has 1 fully saturated rings. The number of rotatable bonds is 4. The molecule has 0 aliphatic carbocycles. The summed E-state index contributed by atoms with van der Waals surface area (Å²) < 4.78 is 1.75. The van der Waals surface area contributed by atoms with Crippen LogP contribution in [0.1, 0.15) is 30.0 Å². The fourth-order valence-corrected chi connectivity index (χ4v) is 3.79. The third-order valence-corrected chi connectivity index (χ3v) is 5.01. The van der Waals surface area contributed by atoms with Crippen molar-refractivity contribution in [3.63, 3.8) is 0 Å². The summed E-state index contributed by atoms with van der Waals surface area (Å²) >= 11 is 6.27. The van der Waals surface area contributed by atoms with Crippen molar-refractivity contribution in [2.24, 2.45) is 7.05 Å². The van der Waals surface area contributed by atoms with Gasteiger partial charge in [-0.15, -0.1) is 0 Å². The lowest BCUT2D eigenvalue weighted by molar-refractivity contribution is -0.123. The normalized spacial score (nSPS) is 20.3. The lowest BCUT2D eigenvalue weighted by atomic mass is 9.93. The van der Waals surface area contributed by atoms with Crippen LogP contribution in [0.15, 0.2) is 42.9 Å².